The molecule has 0 heterocycles. The Balaban J connectivity index is 2.11. The number of hydrogen-bond acceptors (Lipinski definition) is 2. The minimum atomic E-state index is -4.94. The number of nitrogens with two attached hydrogens (primary N) is 1. The number of rotatable bonds is 6. The van der Waals surface area contributed by atoms with Crippen molar-refractivity contribution in [2.75, 3.05) is 0 Å². The standard InChI is InChI=1S/C19H15Cl2F6NO/c20-14-3-1-11(7-15(14)21)8-16(28)17(29)4-2-10-5-12(18(22,23)24)9-13(6-10)19(25,26)27/h1,3,5-7,9,16H,2,4,8,28H2. The van der Waals surface area contributed by atoms with E-state index in [1.54, 1.807) is 6.07 Å². The van der Waals surface area contributed by atoms with Crippen LogP contribution in [0.4, 0.5) is 26.3 Å². The van der Waals surface area contributed by atoms with E-state index in [2.05, 4.69) is 0 Å². The molecular formula is C19H15Cl2F6NO. The first-order valence-electron chi connectivity index (χ1n) is 8.28. The van der Waals surface area contributed by atoms with Crippen molar-refractivity contribution in [2.24, 2.45) is 5.73 Å². The summed E-state index contributed by atoms with van der Waals surface area (Å²) < 4.78 is 77.4. The highest BCUT2D eigenvalue weighted by molar-refractivity contribution is 6.42. The van der Waals surface area contributed by atoms with E-state index >= 15 is 0 Å². The second kappa shape index (κ2) is 8.93. The SMILES string of the molecule is NC(Cc1ccc(Cl)c(Cl)c1)C(=O)CCc1cc(C(F)(F)F)cc(C(F)(F)F)c1. The highest BCUT2D eigenvalue weighted by Crippen LogP contribution is 2.36. The van der Waals surface area contributed by atoms with E-state index in [4.69, 9.17) is 28.9 Å². The largest absolute Gasteiger partial charge is 0.416 e. The van der Waals surface area contributed by atoms with Gasteiger partial charge in [-0.25, -0.2) is 0 Å². The summed E-state index contributed by atoms with van der Waals surface area (Å²) in [5.41, 5.74) is 3.35. The minimum absolute atomic E-state index is 0.0430. The maximum Gasteiger partial charge on any atom is 0.416 e. The molecule has 0 saturated heterocycles. The first-order valence-corrected chi connectivity index (χ1v) is 9.03. The van der Waals surface area contributed by atoms with Crippen molar-refractivity contribution < 1.29 is 31.1 Å². The van der Waals surface area contributed by atoms with Gasteiger partial charge >= 0.3 is 12.4 Å². The van der Waals surface area contributed by atoms with Gasteiger partial charge in [-0.2, -0.15) is 26.3 Å². The molecule has 2 N–H and O–H groups in total. The van der Waals surface area contributed by atoms with Crippen LogP contribution in [-0.4, -0.2) is 11.8 Å². The minimum Gasteiger partial charge on any atom is -0.321 e. The summed E-state index contributed by atoms with van der Waals surface area (Å²) >= 11 is 11.7. The molecule has 2 rings (SSSR count). The Hall–Kier alpha value is -1.77. The van der Waals surface area contributed by atoms with E-state index < -0.39 is 35.3 Å². The van der Waals surface area contributed by atoms with Crippen LogP contribution in [0.2, 0.25) is 10.0 Å². The number of aryl methyl sites for hydroxylation is 1. The predicted molar refractivity (Wildman–Crippen MR) is 97.9 cm³/mol. The molecule has 0 amide bonds. The van der Waals surface area contributed by atoms with Gasteiger partial charge in [0.1, 0.15) is 5.78 Å². The van der Waals surface area contributed by atoms with Gasteiger partial charge in [0, 0.05) is 6.42 Å². The van der Waals surface area contributed by atoms with Gasteiger partial charge in [-0.1, -0.05) is 29.3 Å². The lowest BCUT2D eigenvalue weighted by molar-refractivity contribution is -0.143. The number of alkyl halides is 6. The predicted octanol–water partition coefficient (Wildman–Crippen LogP) is 6.10. The van der Waals surface area contributed by atoms with Gasteiger partial charge in [0.05, 0.1) is 27.2 Å². The Morgan fingerprint density at radius 3 is 1.90 bits per heavy atom. The highest BCUT2D eigenvalue weighted by Gasteiger charge is 2.36. The topological polar surface area (TPSA) is 43.1 Å². The molecule has 0 bridgehead atoms. The van der Waals surface area contributed by atoms with Gasteiger partial charge in [-0.3, -0.25) is 4.79 Å². The third-order valence-corrected chi connectivity index (χ3v) is 4.90. The van der Waals surface area contributed by atoms with Crippen molar-refractivity contribution >= 4 is 29.0 Å². The summed E-state index contributed by atoms with van der Waals surface area (Å²) in [6, 6.07) is 4.93. The maximum absolute atomic E-state index is 12.9. The normalized spacial score (nSPS) is 13.4. The summed E-state index contributed by atoms with van der Waals surface area (Å²) in [6.45, 7) is 0. The van der Waals surface area contributed by atoms with Crippen LogP contribution in [-0.2, 0) is 30.0 Å². The fraction of sp³-hybridized carbons (Fsp3) is 0.316. The van der Waals surface area contributed by atoms with E-state index in [1.807, 2.05) is 0 Å². The second-order valence-corrected chi connectivity index (χ2v) is 7.25. The average Bonchev–Trinajstić information content (AvgIpc) is 2.61. The van der Waals surface area contributed by atoms with Crippen LogP contribution >= 0.6 is 23.2 Å². The van der Waals surface area contributed by atoms with E-state index in [1.165, 1.54) is 12.1 Å². The Labute approximate surface area is 172 Å². The van der Waals surface area contributed by atoms with Crippen molar-refractivity contribution in [2.45, 2.75) is 37.7 Å². The zero-order chi connectivity index (χ0) is 22.0. The molecule has 0 radical (unpaired) electrons. The molecule has 0 spiro atoms. The number of Topliss-reactive ketones (excluding diaryl/α,β-unsaturated/α-hetero) is 1. The third-order valence-electron chi connectivity index (χ3n) is 4.16. The molecule has 0 fully saturated rings. The molecule has 2 nitrogen and oxygen atoms in total. The Bertz CT molecular complexity index is 863. The van der Waals surface area contributed by atoms with Crippen LogP contribution in [0.15, 0.2) is 36.4 Å². The van der Waals surface area contributed by atoms with Gasteiger partial charge in [0.2, 0.25) is 0 Å². The van der Waals surface area contributed by atoms with Gasteiger partial charge in [-0.15, -0.1) is 0 Å². The van der Waals surface area contributed by atoms with Crippen LogP contribution < -0.4 is 5.73 Å². The molecule has 0 aliphatic heterocycles. The van der Waals surface area contributed by atoms with Crippen LogP contribution in [0.1, 0.15) is 28.7 Å². The number of hydrogen-bond donors (Lipinski definition) is 1. The molecule has 0 aliphatic carbocycles. The molecular weight excluding hydrogens is 443 g/mol. The van der Waals surface area contributed by atoms with E-state index in [0.29, 0.717) is 22.7 Å². The van der Waals surface area contributed by atoms with Crippen molar-refractivity contribution in [3.63, 3.8) is 0 Å². The first kappa shape index (κ1) is 23.5. The molecule has 10 heteroatoms. The summed E-state index contributed by atoms with van der Waals surface area (Å²) in [5, 5.41) is 0.591. The number of carbonyl (C=O) groups excluding carboxylic acids is 1. The van der Waals surface area contributed by atoms with E-state index in [0.717, 1.165) is 0 Å². The zero-order valence-corrected chi connectivity index (χ0v) is 16.2. The maximum atomic E-state index is 12.9. The smallest absolute Gasteiger partial charge is 0.321 e. The van der Waals surface area contributed by atoms with Crippen molar-refractivity contribution in [1.82, 2.24) is 0 Å². The number of halogens is 8. The Morgan fingerprint density at radius 2 is 1.41 bits per heavy atom. The van der Waals surface area contributed by atoms with Crippen molar-refractivity contribution in [3.8, 4) is 0 Å². The fourth-order valence-electron chi connectivity index (χ4n) is 2.65. The Morgan fingerprint density at radius 1 is 0.862 bits per heavy atom. The monoisotopic (exact) mass is 457 g/mol. The molecule has 1 atom stereocenters. The molecule has 158 valence electrons. The van der Waals surface area contributed by atoms with Crippen LogP contribution in [0.3, 0.4) is 0 Å². The van der Waals surface area contributed by atoms with Crippen LogP contribution in [0, 0.1) is 0 Å². The van der Waals surface area contributed by atoms with E-state index in [9.17, 15) is 31.1 Å². The van der Waals surface area contributed by atoms with Crippen molar-refractivity contribution in [1.29, 1.82) is 0 Å². The van der Waals surface area contributed by atoms with Gasteiger partial charge in [0.15, 0.2) is 0 Å². The lowest BCUT2D eigenvalue weighted by Gasteiger charge is -2.15. The zero-order valence-electron chi connectivity index (χ0n) is 14.7. The van der Waals surface area contributed by atoms with Crippen LogP contribution in [0.25, 0.3) is 0 Å². The summed E-state index contributed by atoms with van der Waals surface area (Å²) in [6.07, 6.45) is -10.4. The average molecular weight is 458 g/mol. The summed E-state index contributed by atoms with van der Waals surface area (Å²) in [4.78, 5) is 12.2. The van der Waals surface area contributed by atoms with Gasteiger partial charge in [0.25, 0.3) is 0 Å². The Kier molecular flexibility index (Phi) is 7.24. The summed E-state index contributed by atoms with van der Waals surface area (Å²) in [7, 11) is 0. The third kappa shape index (κ3) is 6.62. The van der Waals surface area contributed by atoms with E-state index in [-0.39, 0.29) is 35.9 Å². The molecule has 2 aromatic carbocycles. The van der Waals surface area contributed by atoms with Gasteiger partial charge in [-0.05, 0) is 54.3 Å². The lowest BCUT2D eigenvalue weighted by Crippen LogP contribution is -2.33. The first-order chi connectivity index (χ1) is 13.3. The fourth-order valence-corrected chi connectivity index (χ4v) is 2.97. The van der Waals surface area contributed by atoms with Crippen LogP contribution in [0.5, 0.6) is 0 Å². The van der Waals surface area contributed by atoms with Gasteiger partial charge < -0.3 is 5.73 Å². The number of ketones is 1. The second-order valence-electron chi connectivity index (χ2n) is 6.44. The molecule has 0 aliphatic rings. The number of carbonyl (C=O) groups is 1. The molecule has 29 heavy (non-hydrogen) atoms. The quantitative estimate of drug-likeness (QED) is 0.532. The summed E-state index contributed by atoms with van der Waals surface area (Å²) in [5.74, 6) is -0.498. The molecule has 0 saturated carbocycles. The lowest BCUT2D eigenvalue weighted by atomic mass is 9.96. The number of benzene rings is 2. The highest BCUT2D eigenvalue weighted by atomic mass is 35.5. The van der Waals surface area contributed by atoms with Crippen molar-refractivity contribution in [3.05, 3.63) is 68.7 Å². The molecule has 1 unspecified atom stereocenters. The molecule has 0 aromatic heterocycles. The molecule has 2 aromatic rings.